The summed E-state index contributed by atoms with van der Waals surface area (Å²) in [7, 11) is 0. The minimum atomic E-state index is -4.78. The first-order valence-electron chi connectivity index (χ1n) is 8.73. The molecule has 0 saturated heterocycles. The smallest absolute Gasteiger partial charge is 0.435 e. The maximum Gasteiger partial charge on any atom is 0.435 e. The summed E-state index contributed by atoms with van der Waals surface area (Å²) in [6.07, 6.45) is -3.47. The van der Waals surface area contributed by atoms with Gasteiger partial charge in [0, 0.05) is 28.6 Å². The fourth-order valence-electron chi connectivity index (χ4n) is 2.78. The summed E-state index contributed by atoms with van der Waals surface area (Å²) in [6, 6.07) is 3.52. The van der Waals surface area contributed by atoms with Crippen LogP contribution in [0.1, 0.15) is 30.0 Å². The predicted molar refractivity (Wildman–Crippen MR) is 104 cm³/mol. The molecule has 1 aliphatic heterocycles. The van der Waals surface area contributed by atoms with Crippen LogP contribution in [0.5, 0.6) is 0 Å². The van der Waals surface area contributed by atoms with Gasteiger partial charge < -0.3 is 10.1 Å². The van der Waals surface area contributed by atoms with Crippen molar-refractivity contribution in [2.45, 2.75) is 20.0 Å². The van der Waals surface area contributed by atoms with Crippen LogP contribution in [0, 0.1) is 5.92 Å². The number of carbonyl (C=O) groups is 2. The number of hydrogen-bond acceptors (Lipinski definition) is 6. The van der Waals surface area contributed by atoms with E-state index in [-0.39, 0.29) is 23.1 Å². The Morgan fingerprint density at radius 2 is 2.17 bits per heavy atom. The molecule has 3 rings (SSSR count). The molecule has 7 nitrogen and oxygen atoms in total. The number of nitrogens with zero attached hydrogens (tertiary/aromatic N) is 3. The van der Waals surface area contributed by atoms with E-state index in [2.05, 4.69) is 15.4 Å². The standard InChI is InChI=1S/C18H16ClF3N4O3S/c1-3-29-17(28)10-8-30-9(2)14(10)24-16(27)12-7-13(18(20,21)22)25-26(12)15-11(19)5-4-6-23-15/h4-7,10H,3,8H2,1-2H3,(H,24,27). The van der Waals surface area contributed by atoms with Crippen molar-refractivity contribution in [3.05, 3.63) is 51.4 Å². The number of carbonyl (C=O) groups excluding carboxylic acids is 2. The summed E-state index contributed by atoms with van der Waals surface area (Å²) in [4.78, 5) is 29.7. The number of thioether (sulfide) groups is 1. The van der Waals surface area contributed by atoms with E-state index < -0.39 is 35.4 Å². The highest BCUT2D eigenvalue weighted by Crippen LogP contribution is 2.35. The SMILES string of the molecule is CCOC(=O)C1CSC(C)=C1NC(=O)c1cc(C(F)(F)F)nn1-c1ncccc1Cl. The Morgan fingerprint density at radius 3 is 2.80 bits per heavy atom. The van der Waals surface area contributed by atoms with E-state index in [0.717, 1.165) is 4.68 Å². The molecule has 0 radical (unpaired) electrons. The Kier molecular flexibility index (Phi) is 6.41. The van der Waals surface area contributed by atoms with Gasteiger partial charge in [-0.3, -0.25) is 9.59 Å². The van der Waals surface area contributed by atoms with Crippen molar-refractivity contribution in [2.75, 3.05) is 12.4 Å². The average molecular weight is 461 g/mol. The molecule has 2 aromatic rings. The van der Waals surface area contributed by atoms with Gasteiger partial charge in [-0.1, -0.05) is 11.6 Å². The third-order valence-corrected chi connectivity index (χ3v) is 5.63. The number of hydrogen-bond donors (Lipinski definition) is 1. The van der Waals surface area contributed by atoms with Crippen LogP contribution >= 0.6 is 23.4 Å². The summed E-state index contributed by atoms with van der Waals surface area (Å²) in [5.41, 5.74) is -1.41. The van der Waals surface area contributed by atoms with E-state index in [1.165, 1.54) is 30.1 Å². The lowest BCUT2D eigenvalue weighted by molar-refractivity contribution is -0.146. The maximum atomic E-state index is 13.2. The number of rotatable bonds is 5. The molecule has 0 saturated carbocycles. The van der Waals surface area contributed by atoms with Crippen molar-refractivity contribution in [1.82, 2.24) is 20.1 Å². The number of pyridine rings is 1. The van der Waals surface area contributed by atoms with Crippen molar-refractivity contribution in [3.63, 3.8) is 0 Å². The average Bonchev–Trinajstić information content (AvgIpc) is 3.27. The minimum absolute atomic E-state index is 0.0135. The van der Waals surface area contributed by atoms with Crippen molar-refractivity contribution < 1.29 is 27.5 Å². The lowest BCUT2D eigenvalue weighted by Gasteiger charge is -2.15. The second-order valence-electron chi connectivity index (χ2n) is 6.17. The molecule has 160 valence electrons. The first-order chi connectivity index (χ1) is 14.1. The van der Waals surface area contributed by atoms with Crippen LogP contribution in [0.15, 0.2) is 35.0 Å². The molecule has 0 aliphatic carbocycles. The van der Waals surface area contributed by atoms with Crippen LogP contribution in [0.2, 0.25) is 5.02 Å². The van der Waals surface area contributed by atoms with E-state index in [4.69, 9.17) is 16.3 Å². The zero-order valence-corrected chi connectivity index (χ0v) is 17.4. The van der Waals surface area contributed by atoms with Gasteiger partial charge in [-0.2, -0.15) is 18.3 Å². The van der Waals surface area contributed by atoms with Crippen molar-refractivity contribution in [3.8, 4) is 5.82 Å². The van der Waals surface area contributed by atoms with E-state index in [1.54, 1.807) is 13.8 Å². The van der Waals surface area contributed by atoms with Crippen LogP contribution in [-0.2, 0) is 15.7 Å². The number of halogens is 4. The van der Waals surface area contributed by atoms with Crippen LogP contribution < -0.4 is 5.32 Å². The summed E-state index contributed by atoms with van der Waals surface area (Å²) in [6.45, 7) is 3.52. The molecule has 2 aromatic heterocycles. The summed E-state index contributed by atoms with van der Waals surface area (Å²) in [5, 5.41) is 6.04. The van der Waals surface area contributed by atoms with E-state index in [0.29, 0.717) is 16.7 Å². The molecule has 1 unspecified atom stereocenters. The normalized spacial score (nSPS) is 16.7. The van der Waals surface area contributed by atoms with E-state index >= 15 is 0 Å². The third kappa shape index (κ3) is 4.46. The molecule has 1 aliphatic rings. The minimum Gasteiger partial charge on any atom is -0.465 e. The molecule has 0 aromatic carbocycles. The van der Waals surface area contributed by atoms with Gasteiger partial charge in [-0.05, 0) is 26.0 Å². The topological polar surface area (TPSA) is 86.1 Å². The first kappa shape index (κ1) is 22.2. The van der Waals surface area contributed by atoms with Crippen LogP contribution in [0.3, 0.4) is 0 Å². The van der Waals surface area contributed by atoms with Gasteiger partial charge in [-0.15, -0.1) is 11.8 Å². The highest BCUT2D eigenvalue weighted by molar-refractivity contribution is 8.03. The van der Waals surface area contributed by atoms with Gasteiger partial charge in [0.15, 0.2) is 11.5 Å². The fraction of sp³-hybridized carbons (Fsp3) is 0.333. The van der Waals surface area contributed by atoms with Crippen molar-refractivity contribution >= 4 is 35.2 Å². The maximum absolute atomic E-state index is 13.2. The Balaban J connectivity index is 1.99. The monoisotopic (exact) mass is 460 g/mol. The van der Waals surface area contributed by atoms with Crippen LogP contribution in [0.4, 0.5) is 13.2 Å². The highest BCUT2D eigenvalue weighted by atomic mass is 35.5. The molecule has 1 atom stereocenters. The van der Waals surface area contributed by atoms with Gasteiger partial charge in [0.05, 0.1) is 11.6 Å². The molecule has 0 spiro atoms. The van der Waals surface area contributed by atoms with Crippen LogP contribution in [0.25, 0.3) is 5.82 Å². The molecule has 30 heavy (non-hydrogen) atoms. The number of esters is 1. The predicted octanol–water partition coefficient (Wildman–Crippen LogP) is 3.83. The van der Waals surface area contributed by atoms with Crippen molar-refractivity contribution in [2.24, 2.45) is 5.92 Å². The Hall–Kier alpha value is -2.53. The zero-order valence-electron chi connectivity index (χ0n) is 15.8. The lowest BCUT2D eigenvalue weighted by Crippen LogP contribution is -2.32. The van der Waals surface area contributed by atoms with Crippen molar-refractivity contribution in [1.29, 1.82) is 0 Å². The number of amides is 1. The molecular weight excluding hydrogens is 445 g/mol. The Bertz CT molecular complexity index is 1020. The Labute approximate surface area is 178 Å². The lowest BCUT2D eigenvalue weighted by atomic mass is 10.1. The quantitative estimate of drug-likeness (QED) is 0.682. The Morgan fingerprint density at radius 1 is 1.43 bits per heavy atom. The fourth-order valence-corrected chi connectivity index (χ4v) is 4.05. The van der Waals surface area contributed by atoms with E-state index in [9.17, 15) is 22.8 Å². The van der Waals surface area contributed by atoms with Gasteiger partial charge in [0.25, 0.3) is 5.91 Å². The molecule has 12 heteroatoms. The van der Waals surface area contributed by atoms with E-state index in [1.807, 2.05) is 0 Å². The second kappa shape index (κ2) is 8.68. The second-order valence-corrected chi connectivity index (χ2v) is 7.81. The summed E-state index contributed by atoms with van der Waals surface area (Å²) in [5.74, 6) is -1.90. The number of alkyl halides is 3. The van der Waals surface area contributed by atoms with Gasteiger partial charge in [0.2, 0.25) is 0 Å². The van der Waals surface area contributed by atoms with Gasteiger partial charge in [-0.25, -0.2) is 9.67 Å². The molecule has 3 heterocycles. The molecule has 1 amide bonds. The first-order valence-corrected chi connectivity index (χ1v) is 10.1. The van der Waals surface area contributed by atoms with Gasteiger partial charge >= 0.3 is 12.1 Å². The van der Waals surface area contributed by atoms with Gasteiger partial charge in [0.1, 0.15) is 11.6 Å². The molecule has 0 bridgehead atoms. The molecule has 0 fully saturated rings. The highest BCUT2D eigenvalue weighted by Gasteiger charge is 2.38. The molecular formula is C18H16ClF3N4O3S. The number of aromatic nitrogens is 3. The zero-order chi connectivity index (χ0) is 22.1. The number of nitrogens with one attached hydrogen (secondary N) is 1. The summed E-state index contributed by atoms with van der Waals surface area (Å²) < 4.78 is 45.5. The third-order valence-electron chi connectivity index (χ3n) is 4.19. The molecule has 1 N–H and O–H groups in total. The largest absolute Gasteiger partial charge is 0.465 e. The number of allylic oxidation sites excluding steroid dienone is 1. The van der Waals surface area contributed by atoms with Crippen LogP contribution in [-0.4, -0.2) is 39.0 Å². The number of ether oxygens (including phenoxy) is 1. The summed E-state index contributed by atoms with van der Waals surface area (Å²) >= 11 is 7.39.